The quantitative estimate of drug-likeness (QED) is 0.840. The molecule has 2 aromatic rings. The van der Waals surface area contributed by atoms with Gasteiger partial charge < -0.3 is 5.32 Å². The second-order valence-corrected chi connectivity index (χ2v) is 8.53. The van der Waals surface area contributed by atoms with Crippen molar-refractivity contribution in [2.24, 2.45) is 5.92 Å². The molecule has 142 valence electrons. The van der Waals surface area contributed by atoms with E-state index in [1.807, 2.05) is 0 Å². The van der Waals surface area contributed by atoms with E-state index in [9.17, 15) is 22.4 Å². The minimum absolute atomic E-state index is 0.0201. The number of carbonyl (C=O) groups excluding carboxylic acids is 2. The summed E-state index contributed by atoms with van der Waals surface area (Å²) in [5.74, 6) is -2.26. The number of nitrogens with one attached hydrogen (secondary N) is 1. The number of nitrogens with zero attached hydrogens (tertiary/aromatic N) is 1. The fourth-order valence-electron chi connectivity index (χ4n) is 2.78. The second kappa shape index (κ2) is 7.28. The monoisotopic (exact) mass is 410 g/mol. The number of amides is 2. The van der Waals surface area contributed by atoms with Crippen LogP contribution in [-0.2, 0) is 21.4 Å². The molecule has 3 rings (SSSR count). The Kier molecular flexibility index (Phi) is 5.21. The Morgan fingerprint density at radius 1 is 1.26 bits per heavy atom. The summed E-state index contributed by atoms with van der Waals surface area (Å²) < 4.78 is 37.9. The summed E-state index contributed by atoms with van der Waals surface area (Å²) in [7, 11) is -3.74. The summed E-state index contributed by atoms with van der Waals surface area (Å²) in [4.78, 5) is 24.4. The van der Waals surface area contributed by atoms with E-state index in [2.05, 4.69) is 5.32 Å². The number of hydrogen-bond acceptors (Lipinski definition) is 4. The molecule has 1 fully saturated rings. The van der Waals surface area contributed by atoms with Crippen molar-refractivity contribution in [3.05, 3.63) is 64.4 Å². The highest BCUT2D eigenvalue weighted by atomic mass is 35.5. The first-order valence-electron chi connectivity index (χ1n) is 8.08. The van der Waals surface area contributed by atoms with Crippen LogP contribution in [0, 0.1) is 11.7 Å². The molecule has 0 radical (unpaired) electrons. The molecule has 27 heavy (non-hydrogen) atoms. The highest BCUT2D eigenvalue weighted by Crippen LogP contribution is 2.31. The number of sulfonamides is 1. The smallest absolute Gasteiger partial charge is 0.253 e. The first-order chi connectivity index (χ1) is 12.7. The van der Waals surface area contributed by atoms with Crippen LogP contribution in [0.1, 0.15) is 22.8 Å². The van der Waals surface area contributed by atoms with Gasteiger partial charge in [0.15, 0.2) is 0 Å². The van der Waals surface area contributed by atoms with E-state index in [1.165, 1.54) is 30.3 Å². The third-order valence-electron chi connectivity index (χ3n) is 4.16. The predicted molar refractivity (Wildman–Crippen MR) is 99.5 cm³/mol. The van der Waals surface area contributed by atoms with Gasteiger partial charge in [-0.3, -0.25) is 9.59 Å². The van der Waals surface area contributed by atoms with Gasteiger partial charge in [-0.05, 0) is 35.9 Å². The van der Waals surface area contributed by atoms with Crippen LogP contribution in [0.3, 0.4) is 0 Å². The molecule has 1 aliphatic heterocycles. The molecule has 1 heterocycles. The lowest BCUT2D eigenvalue weighted by atomic mass is 10.1. The molecule has 0 spiro atoms. The van der Waals surface area contributed by atoms with Gasteiger partial charge in [0.25, 0.3) is 5.91 Å². The minimum atomic E-state index is -3.74. The lowest BCUT2D eigenvalue weighted by Crippen LogP contribution is -2.30. The third-order valence-corrected chi connectivity index (χ3v) is 6.34. The van der Waals surface area contributed by atoms with Crippen LogP contribution in [0.2, 0.25) is 5.02 Å². The van der Waals surface area contributed by atoms with E-state index in [0.29, 0.717) is 5.56 Å². The summed E-state index contributed by atoms with van der Waals surface area (Å²) in [5, 5.41) is 2.67. The second-order valence-electron chi connectivity index (χ2n) is 6.26. The Morgan fingerprint density at radius 2 is 1.93 bits per heavy atom. The number of anilines is 1. The average Bonchev–Trinajstić information content (AvgIpc) is 2.81. The Morgan fingerprint density at radius 3 is 2.48 bits per heavy atom. The number of carbonyl (C=O) groups is 2. The van der Waals surface area contributed by atoms with Crippen LogP contribution in [0.5, 0.6) is 0 Å². The van der Waals surface area contributed by atoms with Gasteiger partial charge >= 0.3 is 0 Å². The maximum atomic E-state index is 12.9. The standard InChI is InChI=1S/C18H16ClFN2O4S/c1-11-10-27(25,26)22(18(11)24)14-6-7-15(16(19)8-14)17(23)21-9-12-2-4-13(20)5-3-12/h2-8,11H,9-10H2,1H3,(H,21,23). The molecule has 0 bridgehead atoms. The van der Waals surface area contributed by atoms with Crippen molar-refractivity contribution in [1.29, 1.82) is 0 Å². The van der Waals surface area contributed by atoms with Crippen LogP contribution in [0.25, 0.3) is 0 Å². The Balaban J connectivity index is 1.77. The molecule has 0 aliphatic carbocycles. The minimum Gasteiger partial charge on any atom is -0.348 e. The number of benzene rings is 2. The zero-order valence-electron chi connectivity index (χ0n) is 14.3. The molecule has 1 aliphatic rings. The molecule has 1 unspecified atom stereocenters. The van der Waals surface area contributed by atoms with E-state index in [0.717, 1.165) is 4.31 Å². The molecule has 0 saturated carbocycles. The van der Waals surface area contributed by atoms with Crippen molar-refractivity contribution in [2.75, 3.05) is 10.1 Å². The van der Waals surface area contributed by atoms with E-state index < -0.39 is 27.8 Å². The highest BCUT2D eigenvalue weighted by molar-refractivity contribution is 7.94. The lowest BCUT2D eigenvalue weighted by Gasteiger charge is -2.16. The maximum absolute atomic E-state index is 12.9. The average molecular weight is 411 g/mol. The molecule has 9 heteroatoms. The molecule has 1 atom stereocenters. The molecule has 2 aromatic carbocycles. The summed E-state index contributed by atoms with van der Waals surface area (Å²) in [6.07, 6.45) is 0. The first-order valence-corrected chi connectivity index (χ1v) is 10.1. The van der Waals surface area contributed by atoms with Crippen molar-refractivity contribution in [2.45, 2.75) is 13.5 Å². The molecule has 0 aromatic heterocycles. The molecule has 2 amide bonds. The van der Waals surface area contributed by atoms with Gasteiger partial charge in [0.2, 0.25) is 15.9 Å². The van der Waals surface area contributed by atoms with Crippen molar-refractivity contribution >= 4 is 39.1 Å². The largest absolute Gasteiger partial charge is 0.348 e. The summed E-state index contributed by atoms with van der Waals surface area (Å²) >= 11 is 6.14. The van der Waals surface area contributed by atoms with E-state index in [4.69, 9.17) is 11.6 Å². The van der Waals surface area contributed by atoms with Crippen molar-refractivity contribution in [3.8, 4) is 0 Å². The van der Waals surface area contributed by atoms with Gasteiger partial charge in [-0.25, -0.2) is 17.1 Å². The summed E-state index contributed by atoms with van der Waals surface area (Å²) in [5.41, 5.74) is 0.948. The normalized spacial score (nSPS) is 18.6. The number of rotatable bonds is 4. The van der Waals surface area contributed by atoms with Crippen LogP contribution >= 0.6 is 11.6 Å². The predicted octanol–water partition coefficient (Wildman–Crippen LogP) is 2.72. The number of halogens is 2. The topological polar surface area (TPSA) is 83.6 Å². The Hall–Kier alpha value is -2.45. The fraction of sp³-hybridized carbons (Fsp3) is 0.222. The van der Waals surface area contributed by atoms with Gasteiger partial charge in [-0.1, -0.05) is 30.7 Å². The van der Waals surface area contributed by atoms with Crippen molar-refractivity contribution in [1.82, 2.24) is 5.32 Å². The van der Waals surface area contributed by atoms with Crippen LogP contribution in [0.15, 0.2) is 42.5 Å². The SMILES string of the molecule is CC1CS(=O)(=O)N(c2ccc(C(=O)NCc3ccc(F)cc3)c(Cl)c2)C1=O. The molecule has 1 N–H and O–H groups in total. The Labute approximate surface area is 161 Å². The molecular weight excluding hydrogens is 395 g/mol. The maximum Gasteiger partial charge on any atom is 0.253 e. The van der Waals surface area contributed by atoms with Crippen LogP contribution in [0.4, 0.5) is 10.1 Å². The zero-order chi connectivity index (χ0) is 19.8. The van der Waals surface area contributed by atoms with Gasteiger partial charge in [-0.15, -0.1) is 0 Å². The summed E-state index contributed by atoms with van der Waals surface area (Å²) in [6, 6.07) is 9.68. The van der Waals surface area contributed by atoms with E-state index >= 15 is 0 Å². The van der Waals surface area contributed by atoms with Gasteiger partial charge in [0.1, 0.15) is 5.82 Å². The van der Waals surface area contributed by atoms with Gasteiger partial charge in [0, 0.05) is 6.54 Å². The number of hydrogen-bond donors (Lipinski definition) is 1. The van der Waals surface area contributed by atoms with Gasteiger partial charge in [0.05, 0.1) is 27.9 Å². The molecule has 1 saturated heterocycles. The van der Waals surface area contributed by atoms with Crippen LogP contribution < -0.4 is 9.62 Å². The zero-order valence-corrected chi connectivity index (χ0v) is 15.8. The van der Waals surface area contributed by atoms with E-state index in [-0.39, 0.29) is 34.4 Å². The van der Waals surface area contributed by atoms with Crippen molar-refractivity contribution < 1.29 is 22.4 Å². The molecule has 6 nitrogen and oxygen atoms in total. The van der Waals surface area contributed by atoms with E-state index in [1.54, 1.807) is 19.1 Å². The Bertz CT molecular complexity index is 1010. The van der Waals surface area contributed by atoms with Crippen molar-refractivity contribution in [3.63, 3.8) is 0 Å². The fourth-order valence-corrected chi connectivity index (χ4v) is 4.85. The van der Waals surface area contributed by atoms with Gasteiger partial charge in [-0.2, -0.15) is 0 Å². The highest BCUT2D eigenvalue weighted by Gasteiger charge is 2.42. The lowest BCUT2D eigenvalue weighted by molar-refractivity contribution is -0.119. The molecular formula is C18H16ClFN2O4S. The third kappa shape index (κ3) is 3.96. The first kappa shape index (κ1) is 19.3. The van der Waals surface area contributed by atoms with Crippen LogP contribution in [-0.4, -0.2) is 26.0 Å². The summed E-state index contributed by atoms with van der Waals surface area (Å²) in [6.45, 7) is 1.71.